The van der Waals surface area contributed by atoms with Crippen molar-refractivity contribution in [3.8, 4) is 17.2 Å². The number of halogens is 1. The second-order valence-electron chi connectivity index (χ2n) is 9.37. The van der Waals surface area contributed by atoms with Crippen LogP contribution in [-0.2, 0) is 4.79 Å². The van der Waals surface area contributed by atoms with Gasteiger partial charge in [-0.15, -0.1) is 0 Å². The number of methoxy groups -OCH3 is 2. The van der Waals surface area contributed by atoms with Crippen molar-refractivity contribution in [1.82, 2.24) is 20.4 Å². The SMILES string of the molecule is COc1ccc(C2C(c3ccc(F)cc3)C2c2nc([C@H](C)NC(=O)c3nccc(OC)c3OC(C)=O)no2)cc1. The first-order valence-electron chi connectivity index (χ1n) is 12.6. The molecule has 1 amide bonds. The van der Waals surface area contributed by atoms with Gasteiger partial charge in [-0.1, -0.05) is 29.4 Å². The molecular weight excluding hydrogens is 519 g/mol. The van der Waals surface area contributed by atoms with E-state index in [0.29, 0.717) is 5.89 Å². The molecule has 1 N–H and O–H groups in total. The Morgan fingerprint density at radius 1 is 0.950 bits per heavy atom. The predicted octanol–water partition coefficient (Wildman–Crippen LogP) is 4.70. The molecule has 11 heteroatoms. The number of nitrogens with zero attached hydrogens (tertiary/aromatic N) is 3. The number of rotatable bonds is 9. The van der Waals surface area contributed by atoms with Crippen molar-refractivity contribution in [2.24, 2.45) is 0 Å². The minimum atomic E-state index is -0.661. The van der Waals surface area contributed by atoms with Gasteiger partial charge < -0.3 is 24.1 Å². The largest absolute Gasteiger partial charge is 0.497 e. The van der Waals surface area contributed by atoms with Crippen molar-refractivity contribution in [2.75, 3.05) is 14.2 Å². The minimum Gasteiger partial charge on any atom is -0.497 e. The summed E-state index contributed by atoms with van der Waals surface area (Å²) < 4.78 is 35.0. The van der Waals surface area contributed by atoms with Crippen molar-refractivity contribution in [3.63, 3.8) is 0 Å². The van der Waals surface area contributed by atoms with E-state index < -0.39 is 17.9 Å². The maximum absolute atomic E-state index is 13.6. The summed E-state index contributed by atoms with van der Waals surface area (Å²) >= 11 is 0. The number of esters is 1. The standard InChI is InChI=1S/C29H27FN4O6/c1-15(32-28(36)25-26(39-16(2)35)21(38-4)13-14-31-25)27-33-29(40-34-27)24-22(17-5-9-19(30)10-6-17)23(24)18-7-11-20(37-3)12-8-18/h5-15,22-24H,1-4H3,(H,32,36)/t15-,22?,23?,24?/m0/s1. The highest BCUT2D eigenvalue weighted by Gasteiger charge is 2.56. The molecule has 2 aromatic carbocycles. The van der Waals surface area contributed by atoms with Crippen LogP contribution in [-0.4, -0.2) is 41.2 Å². The highest BCUT2D eigenvalue weighted by Crippen LogP contribution is 2.65. The van der Waals surface area contributed by atoms with Crippen LogP contribution in [0.15, 0.2) is 65.3 Å². The van der Waals surface area contributed by atoms with E-state index in [9.17, 15) is 14.0 Å². The van der Waals surface area contributed by atoms with Crippen LogP contribution in [0.2, 0.25) is 0 Å². The minimum absolute atomic E-state index is 0.000497. The van der Waals surface area contributed by atoms with Crippen molar-refractivity contribution in [1.29, 1.82) is 0 Å². The smallest absolute Gasteiger partial charge is 0.308 e. The van der Waals surface area contributed by atoms with E-state index >= 15 is 0 Å². The molecule has 5 rings (SSSR count). The summed E-state index contributed by atoms with van der Waals surface area (Å²) in [5.41, 5.74) is 1.89. The third-order valence-electron chi connectivity index (χ3n) is 6.80. The zero-order valence-corrected chi connectivity index (χ0v) is 22.3. The first kappa shape index (κ1) is 26.8. The molecule has 0 radical (unpaired) electrons. The molecule has 40 heavy (non-hydrogen) atoms. The molecule has 1 fully saturated rings. The van der Waals surface area contributed by atoms with E-state index in [1.807, 2.05) is 24.3 Å². The highest BCUT2D eigenvalue weighted by atomic mass is 19.1. The Morgan fingerprint density at radius 3 is 2.20 bits per heavy atom. The summed E-state index contributed by atoms with van der Waals surface area (Å²) in [6.07, 6.45) is 1.37. The number of nitrogens with one attached hydrogen (secondary N) is 1. The van der Waals surface area contributed by atoms with Gasteiger partial charge in [0.15, 0.2) is 17.3 Å². The molecule has 1 saturated carbocycles. The monoisotopic (exact) mass is 546 g/mol. The topological polar surface area (TPSA) is 126 Å². The number of pyridine rings is 1. The van der Waals surface area contributed by atoms with E-state index in [1.165, 1.54) is 38.4 Å². The van der Waals surface area contributed by atoms with E-state index in [4.69, 9.17) is 18.7 Å². The van der Waals surface area contributed by atoms with Gasteiger partial charge in [0, 0.05) is 31.0 Å². The maximum Gasteiger partial charge on any atom is 0.308 e. The van der Waals surface area contributed by atoms with Gasteiger partial charge in [-0.2, -0.15) is 4.98 Å². The molecule has 0 aliphatic heterocycles. The average Bonchev–Trinajstić information content (AvgIpc) is 3.49. The molecule has 3 unspecified atom stereocenters. The lowest BCUT2D eigenvalue weighted by molar-refractivity contribution is -0.132. The van der Waals surface area contributed by atoms with Crippen LogP contribution in [0.5, 0.6) is 17.2 Å². The molecule has 4 aromatic rings. The van der Waals surface area contributed by atoms with E-state index in [2.05, 4.69) is 20.4 Å². The fraction of sp³-hybridized carbons (Fsp3) is 0.276. The van der Waals surface area contributed by atoms with Gasteiger partial charge >= 0.3 is 5.97 Å². The van der Waals surface area contributed by atoms with Gasteiger partial charge in [0.1, 0.15) is 11.6 Å². The lowest BCUT2D eigenvalue weighted by Gasteiger charge is -2.14. The second-order valence-corrected chi connectivity index (χ2v) is 9.37. The zero-order chi connectivity index (χ0) is 28.4. The summed E-state index contributed by atoms with van der Waals surface area (Å²) in [6.45, 7) is 2.91. The summed E-state index contributed by atoms with van der Waals surface area (Å²) in [5.74, 6) is -0.137. The Hall–Kier alpha value is -4.80. The molecule has 0 saturated heterocycles. The Morgan fingerprint density at radius 2 is 1.60 bits per heavy atom. The van der Waals surface area contributed by atoms with Crippen LogP contribution in [0.3, 0.4) is 0 Å². The zero-order valence-electron chi connectivity index (χ0n) is 22.3. The Balaban J connectivity index is 1.37. The fourth-order valence-electron chi connectivity index (χ4n) is 4.84. The molecule has 4 atom stereocenters. The summed E-state index contributed by atoms with van der Waals surface area (Å²) in [7, 11) is 3.00. The lowest BCUT2D eigenvalue weighted by atomic mass is 10.0. The number of carbonyl (C=O) groups excluding carboxylic acids is 2. The Kier molecular flexibility index (Phi) is 7.45. The summed E-state index contributed by atoms with van der Waals surface area (Å²) in [5, 5.41) is 6.88. The van der Waals surface area contributed by atoms with Crippen molar-refractivity contribution >= 4 is 11.9 Å². The molecule has 206 valence electrons. The normalized spacial score (nSPS) is 18.5. The quantitative estimate of drug-likeness (QED) is 0.297. The molecular formula is C29H27FN4O6. The summed E-state index contributed by atoms with van der Waals surface area (Å²) in [6, 6.07) is 15.0. The second kappa shape index (κ2) is 11.1. The molecule has 0 bridgehead atoms. The van der Waals surface area contributed by atoms with E-state index in [0.717, 1.165) is 16.9 Å². The Labute approximate surface area is 229 Å². The molecule has 1 aliphatic carbocycles. The van der Waals surface area contributed by atoms with Crippen molar-refractivity contribution in [3.05, 3.63) is 95.1 Å². The van der Waals surface area contributed by atoms with E-state index in [1.54, 1.807) is 26.2 Å². The molecule has 0 spiro atoms. The van der Waals surface area contributed by atoms with Gasteiger partial charge in [0.05, 0.1) is 26.2 Å². The lowest BCUT2D eigenvalue weighted by Crippen LogP contribution is -2.29. The molecule has 10 nitrogen and oxygen atoms in total. The first-order valence-corrected chi connectivity index (χ1v) is 12.6. The number of hydrogen-bond donors (Lipinski definition) is 1. The van der Waals surface area contributed by atoms with E-state index in [-0.39, 0.29) is 46.6 Å². The highest BCUT2D eigenvalue weighted by molar-refractivity contribution is 5.96. The van der Waals surface area contributed by atoms with Gasteiger partial charge in [-0.25, -0.2) is 9.37 Å². The molecule has 2 heterocycles. The van der Waals surface area contributed by atoms with Crippen LogP contribution in [0.25, 0.3) is 0 Å². The van der Waals surface area contributed by atoms with Crippen LogP contribution in [0, 0.1) is 5.82 Å². The number of amides is 1. The van der Waals surface area contributed by atoms with Gasteiger partial charge in [0.25, 0.3) is 5.91 Å². The average molecular weight is 547 g/mol. The van der Waals surface area contributed by atoms with Crippen LogP contribution >= 0.6 is 0 Å². The number of benzene rings is 2. The molecule has 1 aliphatic rings. The first-order chi connectivity index (χ1) is 19.3. The Bertz CT molecular complexity index is 1520. The van der Waals surface area contributed by atoms with Gasteiger partial charge in [0.2, 0.25) is 11.6 Å². The maximum atomic E-state index is 13.6. The van der Waals surface area contributed by atoms with Crippen molar-refractivity contribution in [2.45, 2.75) is 37.6 Å². The van der Waals surface area contributed by atoms with Gasteiger partial charge in [-0.3, -0.25) is 9.59 Å². The predicted molar refractivity (Wildman–Crippen MR) is 140 cm³/mol. The number of ether oxygens (including phenoxy) is 3. The third-order valence-corrected chi connectivity index (χ3v) is 6.80. The summed E-state index contributed by atoms with van der Waals surface area (Å²) in [4.78, 5) is 33.3. The van der Waals surface area contributed by atoms with Crippen LogP contribution in [0.4, 0.5) is 4.39 Å². The number of carbonyl (C=O) groups is 2. The number of hydrogen-bond acceptors (Lipinski definition) is 9. The third kappa shape index (κ3) is 5.35. The number of aromatic nitrogens is 3. The van der Waals surface area contributed by atoms with Crippen molar-refractivity contribution < 1.29 is 32.7 Å². The molecule has 2 aromatic heterocycles. The van der Waals surface area contributed by atoms with Crippen LogP contribution < -0.4 is 19.5 Å². The fourth-order valence-corrected chi connectivity index (χ4v) is 4.84. The van der Waals surface area contributed by atoms with Crippen LogP contribution in [0.1, 0.15) is 71.0 Å². The van der Waals surface area contributed by atoms with Gasteiger partial charge in [-0.05, 0) is 42.3 Å².